The number of carbonyl (C=O) groups excluding carboxylic acids is 1. The fourth-order valence-electron chi connectivity index (χ4n) is 2.07. The third kappa shape index (κ3) is 3.67. The number of nitrogens with one attached hydrogen (secondary N) is 1. The van der Waals surface area contributed by atoms with Gasteiger partial charge in [0.05, 0.1) is 12.2 Å². The van der Waals surface area contributed by atoms with Crippen LogP contribution in [0.25, 0.3) is 0 Å². The highest BCUT2D eigenvalue weighted by Gasteiger charge is 2.09. The Morgan fingerprint density at radius 1 is 1.22 bits per heavy atom. The average Bonchev–Trinajstić information content (AvgIpc) is 3.04. The molecule has 0 aliphatic carbocycles. The van der Waals surface area contributed by atoms with Crippen LogP contribution in [-0.4, -0.2) is 25.8 Å². The number of aromatic nitrogens is 3. The van der Waals surface area contributed by atoms with Crippen LogP contribution in [0.4, 0.5) is 5.69 Å². The van der Waals surface area contributed by atoms with Crippen molar-refractivity contribution in [2.75, 3.05) is 5.32 Å². The van der Waals surface area contributed by atoms with E-state index in [1.54, 1.807) is 29.2 Å². The van der Waals surface area contributed by atoms with E-state index in [-0.39, 0.29) is 17.3 Å². The zero-order valence-corrected chi connectivity index (χ0v) is 12.7. The van der Waals surface area contributed by atoms with Crippen molar-refractivity contribution in [3.63, 3.8) is 0 Å². The van der Waals surface area contributed by atoms with Crippen LogP contribution in [-0.2, 0) is 6.54 Å². The molecule has 1 aromatic heterocycles. The van der Waals surface area contributed by atoms with Crippen molar-refractivity contribution in [2.24, 2.45) is 0 Å². The highest BCUT2D eigenvalue weighted by molar-refractivity contribution is 6.31. The molecule has 0 radical (unpaired) electrons. The SMILES string of the molecule is O=C(Nc1cc(Cl)ccc1O)c1ccc(Cn2cncn2)cc1. The van der Waals surface area contributed by atoms with Gasteiger partial charge >= 0.3 is 0 Å². The molecule has 0 aliphatic rings. The third-order valence-corrected chi connectivity index (χ3v) is 3.47. The molecule has 0 fully saturated rings. The van der Waals surface area contributed by atoms with Gasteiger partial charge < -0.3 is 10.4 Å². The molecule has 0 unspecified atom stereocenters. The number of rotatable bonds is 4. The van der Waals surface area contributed by atoms with Crippen molar-refractivity contribution in [2.45, 2.75) is 6.54 Å². The lowest BCUT2D eigenvalue weighted by atomic mass is 10.1. The molecule has 0 saturated carbocycles. The second-order valence-electron chi connectivity index (χ2n) is 4.91. The summed E-state index contributed by atoms with van der Waals surface area (Å²) in [4.78, 5) is 16.1. The summed E-state index contributed by atoms with van der Waals surface area (Å²) in [6.45, 7) is 0.580. The maximum Gasteiger partial charge on any atom is 0.255 e. The molecule has 1 amide bonds. The molecule has 1 heterocycles. The summed E-state index contributed by atoms with van der Waals surface area (Å²) in [7, 11) is 0. The van der Waals surface area contributed by atoms with E-state index in [1.165, 1.54) is 18.5 Å². The second kappa shape index (κ2) is 6.50. The minimum atomic E-state index is -0.324. The summed E-state index contributed by atoms with van der Waals surface area (Å²) in [6.07, 6.45) is 3.10. The average molecular weight is 329 g/mol. The number of anilines is 1. The maximum absolute atomic E-state index is 12.2. The van der Waals surface area contributed by atoms with Gasteiger partial charge in [0.25, 0.3) is 5.91 Å². The second-order valence-corrected chi connectivity index (χ2v) is 5.34. The number of nitrogens with zero attached hydrogens (tertiary/aromatic N) is 3. The molecule has 0 bridgehead atoms. The zero-order chi connectivity index (χ0) is 16.2. The molecule has 0 spiro atoms. The van der Waals surface area contributed by atoms with Crippen LogP contribution in [0.2, 0.25) is 5.02 Å². The smallest absolute Gasteiger partial charge is 0.255 e. The quantitative estimate of drug-likeness (QED) is 0.722. The lowest BCUT2D eigenvalue weighted by molar-refractivity contribution is 0.102. The number of carbonyl (C=O) groups is 1. The van der Waals surface area contributed by atoms with E-state index < -0.39 is 0 Å². The largest absolute Gasteiger partial charge is 0.506 e. The molecule has 116 valence electrons. The number of halogens is 1. The molecular formula is C16H13ClN4O2. The molecule has 6 nitrogen and oxygen atoms in total. The highest BCUT2D eigenvalue weighted by atomic mass is 35.5. The predicted octanol–water partition coefficient (Wildman–Crippen LogP) is 2.94. The Morgan fingerprint density at radius 2 is 2.00 bits per heavy atom. The number of phenols is 1. The van der Waals surface area contributed by atoms with Gasteiger partial charge in [0, 0.05) is 10.6 Å². The Hall–Kier alpha value is -2.86. The van der Waals surface area contributed by atoms with Crippen LogP contribution in [0.15, 0.2) is 55.1 Å². The molecule has 0 atom stereocenters. The van der Waals surface area contributed by atoms with E-state index in [9.17, 15) is 9.90 Å². The van der Waals surface area contributed by atoms with Gasteiger partial charge in [-0.2, -0.15) is 5.10 Å². The molecule has 23 heavy (non-hydrogen) atoms. The van der Waals surface area contributed by atoms with E-state index in [1.807, 2.05) is 12.1 Å². The van der Waals surface area contributed by atoms with Crippen LogP contribution in [0, 0.1) is 0 Å². The van der Waals surface area contributed by atoms with Crippen molar-refractivity contribution >= 4 is 23.2 Å². The van der Waals surface area contributed by atoms with Crippen molar-refractivity contribution in [3.05, 3.63) is 71.3 Å². The monoisotopic (exact) mass is 328 g/mol. The first kappa shape index (κ1) is 15.1. The molecule has 3 rings (SSSR count). The van der Waals surface area contributed by atoms with Crippen molar-refractivity contribution in [1.82, 2.24) is 14.8 Å². The van der Waals surface area contributed by atoms with Crippen molar-refractivity contribution in [3.8, 4) is 5.75 Å². The van der Waals surface area contributed by atoms with Crippen LogP contribution < -0.4 is 5.32 Å². The minimum absolute atomic E-state index is 0.0365. The topological polar surface area (TPSA) is 80.0 Å². The first-order chi connectivity index (χ1) is 11.1. The van der Waals surface area contributed by atoms with Crippen LogP contribution >= 0.6 is 11.6 Å². The summed E-state index contributed by atoms with van der Waals surface area (Å²) >= 11 is 5.86. The Kier molecular flexibility index (Phi) is 4.25. The fourth-order valence-corrected chi connectivity index (χ4v) is 2.24. The normalized spacial score (nSPS) is 10.5. The summed E-state index contributed by atoms with van der Waals surface area (Å²) in [5.41, 5.74) is 1.75. The summed E-state index contributed by atoms with van der Waals surface area (Å²) < 4.78 is 1.69. The molecule has 2 N–H and O–H groups in total. The molecular weight excluding hydrogens is 316 g/mol. The van der Waals surface area contributed by atoms with Crippen LogP contribution in [0.3, 0.4) is 0 Å². The van der Waals surface area contributed by atoms with Gasteiger partial charge in [0.1, 0.15) is 18.4 Å². The Morgan fingerprint density at radius 3 is 2.70 bits per heavy atom. The number of benzene rings is 2. The molecule has 3 aromatic rings. The molecule has 0 saturated heterocycles. The zero-order valence-electron chi connectivity index (χ0n) is 12.0. The summed E-state index contributed by atoms with van der Waals surface area (Å²) in [5, 5.41) is 16.8. The fraction of sp³-hybridized carbons (Fsp3) is 0.0625. The number of aromatic hydroxyl groups is 1. The van der Waals surface area contributed by atoms with Gasteiger partial charge in [-0.25, -0.2) is 9.67 Å². The Bertz CT molecular complexity index is 817. The van der Waals surface area contributed by atoms with Crippen LogP contribution in [0.1, 0.15) is 15.9 Å². The summed E-state index contributed by atoms with van der Waals surface area (Å²) in [6, 6.07) is 11.6. The lowest BCUT2D eigenvalue weighted by Gasteiger charge is -2.08. The minimum Gasteiger partial charge on any atom is -0.506 e. The number of phenolic OH excluding ortho intramolecular Hbond substituents is 1. The Balaban J connectivity index is 1.71. The van der Waals surface area contributed by atoms with Crippen molar-refractivity contribution < 1.29 is 9.90 Å². The maximum atomic E-state index is 12.2. The number of hydrogen-bond acceptors (Lipinski definition) is 4. The molecule has 7 heteroatoms. The van der Waals surface area contributed by atoms with E-state index in [4.69, 9.17) is 11.6 Å². The van der Waals surface area contributed by atoms with Crippen molar-refractivity contribution in [1.29, 1.82) is 0 Å². The number of hydrogen-bond donors (Lipinski definition) is 2. The predicted molar refractivity (Wildman–Crippen MR) is 86.6 cm³/mol. The first-order valence-corrected chi connectivity index (χ1v) is 7.21. The summed E-state index contributed by atoms with van der Waals surface area (Å²) in [5.74, 6) is -0.361. The third-order valence-electron chi connectivity index (χ3n) is 3.23. The van der Waals surface area contributed by atoms with Gasteiger partial charge in [0.2, 0.25) is 0 Å². The van der Waals surface area contributed by atoms with Gasteiger partial charge in [-0.1, -0.05) is 23.7 Å². The van der Waals surface area contributed by atoms with E-state index in [2.05, 4.69) is 15.4 Å². The highest BCUT2D eigenvalue weighted by Crippen LogP contribution is 2.27. The number of amides is 1. The van der Waals surface area contributed by atoms with Crippen LogP contribution in [0.5, 0.6) is 5.75 Å². The Labute approximate surface area is 137 Å². The lowest BCUT2D eigenvalue weighted by Crippen LogP contribution is -2.12. The van der Waals surface area contributed by atoms with Gasteiger partial charge in [-0.15, -0.1) is 0 Å². The molecule has 2 aromatic carbocycles. The first-order valence-electron chi connectivity index (χ1n) is 6.83. The standard InChI is InChI=1S/C16H13ClN4O2/c17-13-5-6-15(22)14(7-13)20-16(23)12-3-1-11(2-4-12)8-21-10-18-9-19-21/h1-7,9-10,22H,8H2,(H,20,23). The molecule has 0 aliphatic heterocycles. The van der Waals surface area contributed by atoms with E-state index >= 15 is 0 Å². The van der Waals surface area contributed by atoms with E-state index in [0.717, 1.165) is 5.56 Å². The van der Waals surface area contributed by atoms with Gasteiger partial charge in [0.15, 0.2) is 0 Å². The van der Waals surface area contributed by atoms with E-state index in [0.29, 0.717) is 17.1 Å². The van der Waals surface area contributed by atoms with Gasteiger partial charge in [-0.05, 0) is 35.9 Å². The van der Waals surface area contributed by atoms with Gasteiger partial charge in [-0.3, -0.25) is 4.79 Å².